The first-order valence-corrected chi connectivity index (χ1v) is 12.9. The van der Waals surface area contributed by atoms with Crippen molar-refractivity contribution in [2.75, 3.05) is 22.6 Å². The molecule has 1 amide bonds. The second-order valence-corrected chi connectivity index (χ2v) is 9.38. The van der Waals surface area contributed by atoms with E-state index in [9.17, 15) is 4.79 Å². The summed E-state index contributed by atoms with van der Waals surface area (Å²) in [6.07, 6.45) is 0. The Bertz CT molecular complexity index is 1280. The number of benzene rings is 4. The number of amides is 1. The summed E-state index contributed by atoms with van der Waals surface area (Å²) in [7, 11) is 0. The molecule has 0 saturated carbocycles. The van der Waals surface area contributed by atoms with Gasteiger partial charge in [-0.15, -0.1) is 11.8 Å². The standard InChI is InChI=1S/C29H27N3O2S2/c1-2-34-26-16-10-9-15-25(26)32-28(33)27(21-11-5-3-6-12-21)36-24-19-17-23(18-20-24)31-29(35)30-22-13-7-4-8-14-22/h3-20,27H,2H2,1H3,(H,32,33)(H2,30,31,35). The third-order valence-corrected chi connectivity index (χ3v) is 6.65. The average Bonchev–Trinajstić information content (AvgIpc) is 2.90. The number of anilines is 3. The molecule has 0 aliphatic heterocycles. The second-order valence-electron chi connectivity index (χ2n) is 7.80. The molecular weight excluding hydrogens is 486 g/mol. The van der Waals surface area contributed by atoms with E-state index in [1.54, 1.807) is 0 Å². The summed E-state index contributed by atoms with van der Waals surface area (Å²) in [5.74, 6) is 0.537. The summed E-state index contributed by atoms with van der Waals surface area (Å²) < 4.78 is 5.68. The lowest BCUT2D eigenvalue weighted by atomic mass is 10.1. The molecule has 3 N–H and O–H groups in total. The number of para-hydroxylation sites is 3. The van der Waals surface area contributed by atoms with E-state index in [4.69, 9.17) is 17.0 Å². The Hall–Kier alpha value is -3.81. The molecule has 0 heterocycles. The lowest BCUT2D eigenvalue weighted by molar-refractivity contribution is -0.115. The summed E-state index contributed by atoms with van der Waals surface area (Å²) in [4.78, 5) is 14.4. The fraction of sp³-hybridized carbons (Fsp3) is 0.103. The van der Waals surface area contributed by atoms with Gasteiger partial charge in [-0.1, -0.05) is 60.7 Å². The molecule has 1 unspecified atom stereocenters. The molecule has 4 aromatic carbocycles. The minimum Gasteiger partial charge on any atom is -0.492 e. The van der Waals surface area contributed by atoms with Crippen LogP contribution >= 0.6 is 24.0 Å². The van der Waals surface area contributed by atoms with Crippen LogP contribution in [-0.2, 0) is 4.79 Å². The summed E-state index contributed by atoms with van der Waals surface area (Å²) >= 11 is 6.91. The molecule has 4 rings (SSSR count). The maximum atomic E-state index is 13.4. The Morgan fingerprint density at radius 3 is 2.03 bits per heavy atom. The number of nitrogens with one attached hydrogen (secondary N) is 3. The van der Waals surface area contributed by atoms with Crippen molar-refractivity contribution in [3.05, 3.63) is 115 Å². The fourth-order valence-electron chi connectivity index (χ4n) is 3.52. The minimum atomic E-state index is -0.444. The van der Waals surface area contributed by atoms with E-state index < -0.39 is 5.25 Å². The van der Waals surface area contributed by atoms with Crippen LogP contribution in [0.5, 0.6) is 5.75 Å². The van der Waals surface area contributed by atoms with Gasteiger partial charge in [-0.3, -0.25) is 4.79 Å². The van der Waals surface area contributed by atoms with Gasteiger partial charge in [-0.25, -0.2) is 0 Å². The molecule has 0 bridgehead atoms. The maximum Gasteiger partial charge on any atom is 0.242 e. The number of hydrogen-bond donors (Lipinski definition) is 3. The highest BCUT2D eigenvalue weighted by atomic mass is 32.2. The zero-order valence-electron chi connectivity index (χ0n) is 19.8. The maximum absolute atomic E-state index is 13.4. The molecule has 0 aromatic heterocycles. The lowest BCUT2D eigenvalue weighted by Crippen LogP contribution is -2.19. The largest absolute Gasteiger partial charge is 0.492 e. The first-order chi connectivity index (χ1) is 17.6. The Balaban J connectivity index is 1.46. The van der Waals surface area contributed by atoms with Gasteiger partial charge in [0.25, 0.3) is 0 Å². The van der Waals surface area contributed by atoms with Crippen LogP contribution in [0.25, 0.3) is 0 Å². The van der Waals surface area contributed by atoms with E-state index in [1.807, 2.05) is 116 Å². The number of carbonyl (C=O) groups excluding carboxylic acids is 1. The van der Waals surface area contributed by atoms with Crippen molar-refractivity contribution in [1.82, 2.24) is 0 Å². The van der Waals surface area contributed by atoms with Crippen LogP contribution in [0.4, 0.5) is 17.1 Å². The fourth-order valence-corrected chi connectivity index (χ4v) is 4.78. The predicted molar refractivity (Wildman–Crippen MR) is 154 cm³/mol. The number of thioether (sulfide) groups is 1. The molecule has 7 heteroatoms. The molecule has 0 saturated heterocycles. The Kier molecular flexibility index (Phi) is 8.97. The topological polar surface area (TPSA) is 62.4 Å². The Morgan fingerprint density at radius 1 is 0.778 bits per heavy atom. The van der Waals surface area contributed by atoms with Crippen molar-refractivity contribution in [2.24, 2.45) is 0 Å². The summed E-state index contributed by atoms with van der Waals surface area (Å²) in [5, 5.41) is 9.48. The van der Waals surface area contributed by atoms with Gasteiger partial charge in [0.1, 0.15) is 11.0 Å². The van der Waals surface area contributed by atoms with Crippen molar-refractivity contribution in [1.29, 1.82) is 0 Å². The Morgan fingerprint density at radius 2 is 1.36 bits per heavy atom. The Labute approximate surface area is 221 Å². The van der Waals surface area contributed by atoms with Crippen LogP contribution in [0.15, 0.2) is 114 Å². The van der Waals surface area contributed by atoms with Crippen LogP contribution in [0.2, 0.25) is 0 Å². The minimum absolute atomic E-state index is 0.117. The number of hydrogen-bond acceptors (Lipinski definition) is 4. The second kappa shape index (κ2) is 12.8. The summed E-state index contributed by atoms with van der Waals surface area (Å²) in [6, 6.07) is 34.9. The highest BCUT2D eigenvalue weighted by Crippen LogP contribution is 2.37. The van der Waals surface area contributed by atoms with Crippen molar-refractivity contribution in [2.45, 2.75) is 17.1 Å². The van der Waals surface area contributed by atoms with Gasteiger partial charge >= 0.3 is 0 Å². The zero-order valence-corrected chi connectivity index (χ0v) is 21.4. The molecule has 5 nitrogen and oxygen atoms in total. The monoisotopic (exact) mass is 513 g/mol. The highest BCUT2D eigenvalue weighted by Gasteiger charge is 2.23. The SMILES string of the molecule is CCOc1ccccc1NC(=O)C(Sc1ccc(NC(=S)Nc2ccccc2)cc1)c1ccccc1. The van der Waals surface area contributed by atoms with Gasteiger partial charge in [-0.2, -0.15) is 0 Å². The van der Waals surface area contributed by atoms with E-state index >= 15 is 0 Å². The quantitative estimate of drug-likeness (QED) is 0.160. The van der Waals surface area contributed by atoms with Crippen LogP contribution in [0.3, 0.4) is 0 Å². The van der Waals surface area contributed by atoms with Crippen LogP contribution in [0, 0.1) is 0 Å². The third kappa shape index (κ3) is 7.10. The molecule has 36 heavy (non-hydrogen) atoms. The van der Waals surface area contributed by atoms with Gasteiger partial charge in [0.2, 0.25) is 5.91 Å². The lowest BCUT2D eigenvalue weighted by Gasteiger charge is -2.19. The molecule has 182 valence electrons. The van der Waals surface area contributed by atoms with Gasteiger partial charge < -0.3 is 20.7 Å². The van der Waals surface area contributed by atoms with Crippen molar-refractivity contribution in [3.63, 3.8) is 0 Å². The van der Waals surface area contributed by atoms with E-state index in [1.165, 1.54) is 11.8 Å². The van der Waals surface area contributed by atoms with Gasteiger partial charge in [0.15, 0.2) is 5.11 Å². The zero-order chi connectivity index (χ0) is 25.2. The van der Waals surface area contributed by atoms with Crippen LogP contribution in [0.1, 0.15) is 17.7 Å². The summed E-state index contributed by atoms with van der Waals surface area (Å²) in [5.41, 5.74) is 3.36. The molecule has 0 spiro atoms. The highest BCUT2D eigenvalue weighted by molar-refractivity contribution is 8.00. The van der Waals surface area contributed by atoms with Crippen LogP contribution in [-0.4, -0.2) is 17.6 Å². The van der Waals surface area contributed by atoms with Gasteiger partial charge in [0.05, 0.1) is 12.3 Å². The van der Waals surface area contributed by atoms with Crippen molar-refractivity contribution >= 4 is 52.1 Å². The van der Waals surface area contributed by atoms with Crippen molar-refractivity contribution in [3.8, 4) is 5.75 Å². The summed E-state index contributed by atoms with van der Waals surface area (Å²) in [6.45, 7) is 2.44. The van der Waals surface area contributed by atoms with Crippen molar-refractivity contribution < 1.29 is 9.53 Å². The smallest absolute Gasteiger partial charge is 0.242 e. The molecule has 0 fully saturated rings. The average molecular weight is 514 g/mol. The number of thiocarbonyl (C=S) groups is 1. The molecule has 4 aromatic rings. The molecule has 1 atom stereocenters. The molecular formula is C29H27N3O2S2. The van der Waals surface area contributed by atoms with E-state index in [-0.39, 0.29) is 5.91 Å². The van der Waals surface area contributed by atoms with E-state index in [0.717, 1.165) is 21.8 Å². The first kappa shape index (κ1) is 25.3. The third-order valence-electron chi connectivity index (χ3n) is 5.18. The molecule has 0 radical (unpaired) electrons. The number of ether oxygens (including phenoxy) is 1. The van der Waals surface area contributed by atoms with Crippen LogP contribution < -0.4 is 20.7 Å². The predicted octanol–water partition coefficient (Wildman–Crippen LogP) is 7.37. The van der Waals surface area contributed by atoms with Gasteiger partial charge in [-0.05, 0) is 73.2 Å². The van der Waals surface area contributed by atoms with Gasteiger partial charge in [0, 0.05) is 16.3 Å². The first-order valence-electron chi connectivity index (χ1n) is 11.6. The molecule has 0 aliphatic carbocycles. The van der Waals surface area contributed by atoms with E-state index in [2.05, 4.69) is 16.0 Å². The number of carbonyl (C=O) groups is 1. The molecule has 0 aliphatic rings. The number of rotatable bonds is 9. The van der Waals surface area contributed by atoms with E-state index in [0.29, 0.717) is 23.2 Å². The normalized spacial score (nSPS) is 11.2.